The maximum Gasteiger partial charge on any atom is 0.187 e. The average Bonchev–Trinajstić information content (AvgIpc) is 2.77. The second-order valence-electron chi connectivity index (χ2n) is 8.17. The smallest absolute Gasteiger partial charge is 0.187 e. The number of pyridine rings is 2. The Hall–Kier alpha value is -3.03. The molecule has 3 heterocycles. The van der Waals surface area contributed by atoms with Gasteiger partial charge < -0.3 is 16.4 Å². The molecule has 0 radical (unpaired) electrons. The van der Waals surface area contributed by atoms with Crippen molar-refractivity contribution in [2.24, 2.45) is 5.73 Å². The van der Waals surface area contributed by atoms with Crippen LogP contribution in [-0.4, -0.2) is 34.9 Å². The summed E-state index contributed by atoms with van der Waals surface area (Å²) in [6, 6.07) is 8.01. The van der Waals surface area contributed by atoms with Gasteiger partial charge in [0, 0.05) is 59.8 Å². The van der Waals surface area contributed by atoms with Gasteiger partial charge in [0.25, 0.3) is 0 Å². The molecule has 4 rings (SSSR count). The second-order valence-corrected chi connectivity index (χ2v) is 8.58. The molecule has 0 aliphatic carbocycles. The molecule has 4 N–H and O–H groups in total. The lowest BCUT2D eigenvalue weighted by molar-refractivity contribution is 0.0989. The highest BCUT2D eigenvalue weighted by Crippen LogP contribution is 2.30. The summed E-state index contributed by atoms with van der Waals surface area (Å²) in [5.74, 6) is -0.725. The molecule has 1 aromatic carbocycles. The van der Waals surface area contributed by atoms with Crippen molar-refractivity contribution in [3.63, 3.8) is 0 Å². The maximum atomic E-state index is 14.5. The molecule has 1 fully saturated rings. The molecule has 6 nitrogen and oxygen atoms in total. The number of nitrogen functional groups attached to an aromatic ring is 1. The van der Waals surface area contributed by atoms with Crippen LogP contribution in [0.1, 0.15) is 34.5 Å². The number of aryl methyl sites for hydroxylation is 1. The summed E-state index contributed by atoms with van der Waals surface area (Å²) >= 11 is 6.17. The summed E-state index contributed by atoms with van der Waals surface area (Å²) in [6.45, 7) is 3.33. The first-order valence-electron chi connectivity index (χ1n) is 10.5. The van der Waals surface area contributed by atoms with Gasteiger partial charge in [-0.05, 0) is 55.7 Å². The van der Waals surface area contributed by atoms with Gasteiger partial charge in [-0.1, -0.05) is 11.6 Å². The van der Waals surface area contributed by atoms with Crippen LogP contribution in [0.25, 0.3) is 11.3 Å². The molecule has 8 heteroatoms. The normalized spacial score (nSPS) is 16.2. The predicted octanol–water partition coefficient (Wildman–Crippen LogP) is 4.18. The van der Waals surface area contributed by atoms with Crippen LogP contribution in [0, 0.1) is 12.7 Å². The Balaban J connectivity index is 1.64. The van der Waals surface area contributed by atoms with Crippen molar-refractivity contribution in [1.82, 2.24) is 9.97 Å². The SMILES string of the molecule is Cc1cc(F)c(-c2ccc(N)c(C(=O)Cc3cnccc3N3CCC[C@H](N)C3)n2)cc1Cl. The van der Waals surface area contributed by atoms with Gasteiger partial charge in [0.05, 0.1) is 11.4 Å². The van der Waals surface area contributed by atoms with E-state index in [4.69, 9.17) is 23.1 Å². The van der Waals surface area contributed by atoms with E-state index < -0.39 is 5.82 Å². The van der Waals surface area contributed by atoms with E-state index in [0.717, 1.165) is 37.2 Å². The Morgan fingerprint density at radius 3 is 2.91 bits per heavy atom. The summed E-state index contributed by atoms with van der Waals surface area (Å²) < 4.78 is 14.5. The summed E-state index contributed by atoms with van der Waals surface area (Å²) in [6.07, 6.45) is 5.46. The Morgan fingerprint density at radius 2 is 2.12 bits per heavy atom. The van der Waals surface area contributed by atoms with E-state index >= 15 is 0 Å². The molecule has 32 heavy (non-hydrogen) atoms. The number of carbonyl (C=O) groups is 1. The number of nitrogens with zero attached hydrogens (tertiary/aromatic N) is 3. The predicted molar refractivity (Wildman–Crippen MR) is 125 cm³/mol. The molecule has 1 aliphatic rings. The Labute approximate surface area is 191 Å². The highest BCUT2D eigenvalue weighted by atomic mass is 35.5. The van der Waals surface area contributed by atoms with Gasteiger partial charge in [0.1, 0.15) is 11.5 Å². The Morgan fingerprint density at radius 1 is 1.31 bits per heavy atom. The number of piperidine rings is 1. The van der Waals surface area contributed by atoms with E-state index in [9.17, 15) is 9.18 Å². The maximum absolute atomic E-state index is 14.5. The number of hydrogen-bond acceptors (Lipinski definition) is 6. The Kier molecular flexibility index (Phi) is 6.39. The van der Waals surface area contributed by atoms with Crippen molar-refractivity contribution < 1.29 is 9.18 Å². The van der Waals surface area contributed by atoms with Crippen LogP contribution in [0.3, 0.4) is 0 Å². The van der Waals surface area contributed by atoms with Crippen LogP contribution < -0.4 is 16.4 Å². The summed E-state index contributed by atoms with van der Waals surface area (Å²) in [5.41, 5.74) is 15.4. The number of ketones is 1. The largest absolute Gasteiger partial charge is 0.397 e. The summed E-state index contributed by atoms with van der Waals surface area (Å²) in [5, 5.41) is 0.424. The van der Waals surface area contributed by atoms with Crippen molar-refractivity contribution in [3.8, 4) is 11.3 Å². The first-order valence-corrected chi connectivity index (χ1v) is 10.9. The number of nitrogens with two attached hydrogens (primary N) is 2. The third kappa shape index (κ3) is 4.59. The van der Waals surface area contributed by atoms with Gasteiger partial charge in [-0.25, -0.2) is 9.37 Å². The van der Waals surface area contributed by atoms with E-state index in [-0.39, 0.29) is 35.2 Å². The van der Waals surface area contributed by atoms with Gasteiger partial charge in [-0.2, -0.15) is 0 Å². The number of Topliss-reactive ketones (excluding diaryl/α,β-unsaturated/α-hetero) is 1. The zero-order chi connectivity index (χ0) is 22.8. The fourth-order valence-electron chi connectivity index (χ4n) is 4.04. The molecule has 0 spiro atoms. The molecule has 1 aliphatic heterocycles. The van der Waals surface area contributed by atoms with Crippen molar-refractivity contribution in [2.75, 3.05) is 23.7 Å². The van der Waals surface area contributed by atoms with Crippen LogP contribution >= 0.6 is 11.6 Å². The van der Waals surface area contributed by atoms with Gasteiger partial charge >= 0.3 is 0 Å². The van der Waals surface area contributed by atoms with E-state index in [1.54, 1.807) is 31.5 Å². The van der Waals surface area contributed by atoms with Crippen LogP contribution in [0.4, 0.5) is 15.8 Å². The molecule has 0 saturated carbocycles. The standard InChI is InChI=1S/C24H25ClFN5O/c1-14-9-19(26)17(11-18(14)25)21-5-4-20(28)24(30-21)23(32)10-15-12-29-7-6-22(15)31-8-2-3-16(27)13-31/h4-7,9,11-12,16H,2-3,8,10,13,27-28H2,1H3/t16-/m0/s1. The fraction of sp³-hybridized carbons (Fsp3) is 0.292. The lowest BCUT2D eigenvalue weighted by Gasteiger charge is -2.33. The van der Waals surface area contributed by atoms with E-state index in [1.165, 1.54) is 12.1 Å². The quantitative estimate of drug-likeness (QED) is 0.562. The first kappa shape index (κ1) is 22.2. The van der Waals surface area contributed by atoms with Crippen LogP contribution in [0.2, 0.25) is 5.02 Å². The van der Waals surface area contributed by atoms with Crippen molar-refractivity contribution in [1.29, 1.82) is 0 Å². The highest BCUT2D eigenvalue weighted by Gasteiger charge is 2.22. The number of benzene rings is 1. The molecule has 1 saturated heterocycles. The summed E-state index contributed by atoms with van der Waals surface area (Å²) in [7, 11) is 0. The minimum Gasteiger partial charge on any atom is -0.397 e. The average molecular weight is 454 g/mol. The number of carbonyl (C=O) groups excluding carboxylic acids is 1. The molecule has 0 unspecified atom stereocenters. The molecule has 0 bridgehead atoms. The van der Waals surface area contributed by atoms with Crippen molar-refractivity contribution in [3.05, 3.63) is 70.4 Å². The number of halogens is 2. The fourth-order valence-corrected chi connectivity index (χ4v) is 4.20. The van der Waals surface area contributed by atoms with Crippen LogP contribution in [0.5, 0.6) is 0 Å². The molecule has 1 atom stereocenters. The second kappa shape index (κ2) is 9.22. The third-order valence-electron chi connectivity index (χ3n) is 5.74. The van der Waals surface area contributed by atoms with Gasteiger partial charge in [-0.3, -0.25) is 9.78 Å². The van der Waals surface area contributed by atoms with E-state index in [1.807, 2.05) is 6.07 Å². The zero-order valence-electron chi connectivity index (χ0n) is 17.8. The lowest BCUT2D eigenvalue weighted by Crippen LogP contribution is -2.43. The summed E-state index contributed by atoms with van der Waals surface area (Å²) in [4.78, 5) is 24.0. The minimum atomic E-state index is -0.460. The lowest BCUT2D eigenvalue weighted by atomic mass is 10.0. The monoisotopic (exact) mass is 453 g/mol. The number of aromatic nitrogens is 2. The van der Waals surface area contributed by atoms with Gasteiger partial charge in [0.15, 0.2) is 5.78 Å². The van der Waals surface area contributed by atoms with Crippen LogP contribution in [-0.2, 0) is 6.42 Å². The molecule has 0 amide bonds. The van der Waals surface area contributed by atoms with Crippen molar-refractivity contribution in [2.45, 2.75) is 32.2 Å². The molecule has 166 valence electrons. The Bertz CT molecular complexity index is 1170. The van der Waals surface area contributed by atoms with E-state index in [2.05, 4.69) is 14.9 Å². The molecule has 3 aromatic rings. The van der Waals surface area contributed by atoms with E-state index in [0.29, 0.717) is 16.3 Å². The molecular weight excluding hydrogens is 429 g/mol. The topological polar surface area (TPSA) is 98.1 Å². The van der Waals surface area contributed by atoms with Gasteiger partial charge in [0.2, 0.25) is 0 Å². The molecule has 2 aromatic heterocycles. The zero-order valence-corrected chi connectivity index (χ0v) is 18.6. The van der Waals surface area contributed by atoms with Crippen molar-refractivity contribution >= 4 is 28.8 Å². The third-order valence-corrected chi connectivity index (χ3v) is 6.15. The molecular formula is C24H25ClFN5O. The first-order chi connectivity index (χ1) is 15.3. The number of anilines is 2. The number of hydrogen-bond donors (Lipinski definition) is 2. The number of rotatable bonds is 5. The minimum absolute atomic E-state index is 0.0761. The van der Waals surface area contributed by atoms with Crippen LogP contribution in [0.15, 0.2) is 42.7 Å². The van der Waals surface area contributed by atoms with Gasteiger partial charge in [-0.15, -0.1) is 0 Å². The highest BCUT2D eigenvalue weighted by molar-refractivity contribution is 6.31.